The second-order valence-electron chi connectivity index (χ2n) is 2.49. The maximum atomic E-state index is 9.50. The zero-order valence-electron chi connectivity index (χ0n) is 7.03. The highest BCUT2D eigenvalue weighted by Crippen LogP contribution is 2.24. The molecule has 0 aliphatic carbocycles. The minimum Gasteiger partial charge on any atom is -0.387 e. The van der Waals surface area contributed by atoms with Crippen molar-refractivity contribution in [1.29, 1.82) is 0 Å². The number of rotatable bonds is 3. The molecule has 66 valence electrons. The van der Waals surface area contributed by atoms with E-state index in [0.717, 1.165) is 10.5 Å². The van der Waals surface area contributed by atoms with Crippen LogP contribution >= 0.6 is 11.8 Å². The van der Waals surface area contributed by atoms with E-state index in [1.165, 1.54) is 0 Å². The third-order valence-corrected chi connectivity index (χ3v) is 2.53. The molecule has 1 rings (SSSR count). The van der Waals surface area contributed by atoms with Gasteiger partial charge in [-0.3, -0.25) is 0 Å². The zero-order valence-corrected chi connectivity index (χ0v) is 7.84. The summed E-state index contributed by atoms with van der Waals surface area (Å²) in [5.41, 5.74) is 6.29. The van der Waals surface area contributed by atoms with E-state index in [1.807, 2.05) is 30.5 Å². The maximum Gasteiger partial charge on any atom is 0.0923 e. The van der Waals surface area contributed by atoms with E-state index in [-0.39, 0.29) is 6.54 Å². The van der Waals surface area contributed by atoms with Gasteiger partial charge in [0, 0.05) is 11.4 Å². The third-order valence-electron chi connectivity index (χ3n) is 1.72. The zero-order chi connectivity index (χ0) is 8.97. The van der Waals surface area contributed by atoms with E-state index >= 15 is 0 Å². The first-order valence-electron chi connectivity index (χ1n) is 3.80. The number of aliphatic hydroxyl groups is 1. The van der Waals surface area contributed by atoms with Crippen molar-refractivity contribution in [2.45, 2.75) is 11.0 Å². The molecular formula is C9H13NOS. The summed E-state index contributed by atoms with van der Waals surface area (Å²) in [7, 11) is 0. The fourth-order valence-electron chi connectivity index (χ4n) is 1.07. The van der Waals surface area contributed by atoms with Crippen LogP contribution in [0.25, 0.3) is 0 Å². The Morgan fingerprint density at radius 1 is 1.50 bits per heavy atom. The summed E-state index contributed by atoms with van der Waals surface area (Å²) in [6.07, 6.45) is 1.45. The molecule has 0 aliphatic rings. The Hall–Kier alpha value is -0.510. The molecule has 0 heterocycles. The minimum absolute atomic E-state index is 0.275. The third kappa shape index (κ3) is 2.00. The molecule has 1 aromatic carbocycles. The molecule has 1 aromatic rings. The summed E-state index contributed by atoms with van der Waals surface area (Å²) in [5, 5.41) is 9.50. The summed E-state index contributed by atoms with van der Waals surface area (Å²) < 4.78 is 0. The highest BCUT2D eigenvalue weighted by atomic mass is 32.2. The molecule has 0 bridgehead atoms. The van der Waals surface area contributed by atoms with E-state index in [9.17, 15) is 5.11 Å². The standard InChI is InChI=1S/C9H13NOS/c1-12-9-5-3-2-4-7(9)8(11)6-10/h2-5,8,11H,6,10H2,1H3. The largest absolute Gasteiger partial charge is 0.387 e. The Morgan fingerprint density at radius 2 is 2.17 bits per heavy atom. The molecule has 3 N–H and O–H groups in total. The van der Waals surface area contributed by atoms with Gasteiger partial charge < -0.3 is 10.8 Å². The quantitative estimate of drug-likeness (QED) is 0.696. The van der Waals surface area contributed by atoms with Crippen LogP contribution in [-0.4, -0.2) is 17.9 Å². The van der Waals surface area contributed by atoms with Gasteiger partial charge in [-0.15, -0.1) is 11.8 Å². The first kappa shape index (κ1) is 9.58. The fourth-order valence-corrected chi connectivity index (χ4v) is 1.72. The fraction of sp³-hybridized carbons (Fsp3) is 0.333. The van der Waals surface area contributed by atoms with E-state index in [0.29, 0.717) is 0 Å². The summed E-state index contributed by atoms with van der Waals surface area (Å²) in [5.74, 6) is 0. The lowest BCUT2D eigenvalue weighted by Gasteiger charge is -2.11. The average molecular weight is 183 g/mol. The monoisotopic (exact) mass is 183 g/mol. The molecule has 0 amide bonds. The van der Waals surface area contributed by atoms with Gasteiger partial charge in [-0.2, -0.15) is 0 Å². The second kappa shape index (κ2) is 4.50. The van der Waals surface area contributed by atoms with Crippen molar-refractivity contribution in [2.24, 2.45) is 5.73 Å². The van der Waals surface area contributed by atoms with Crippen LogP contribution in [0.2, 0.25) is 0 Å². The van der Waals surface area contributed by atoms with E-state index in [2.05, 4.69) is 0 Å². The molecule has 0 spiro atoms. The van der Waals surface area contributed by atoms with Gasteiger partial charge in [-0.05, 0) is 17.9 Å². The number of hydrogen-bond donors (Lipinski definition) is 2. The van der Waals surface area contributed by atoms with Gasteiger partial charge in [0.1, 0.15) is 0 Å². The van der Waals surface area contributed by atoms with Gasteiger partial charge in [0.05, 0.1) is 6.10 Å². The van der Waals surface area contributed by atoms with Crippen molar-refractivity contribution in [1.82, 2.24) is 0 Å². The van der Waals surface area contributed by atoms with Crippen LogP contribution in [0.3, 0.4) is 0 Å². The minimum atomic E-state index is -0.534. The predicted octanol–water partition coefficient (Wildman–Crippen LogP) is 1.40. The normalized spacial score (nSPS) is 12.9. The van der Waals surface area contributed by atoms with Crippen LogP contribution < -0.4 is 5.73 Å². The van der Waals surface area contributed by atoms with E-state index in [4.69, 9.17) is 5.73 Å². The molecule has 0 aromatic heterocycles. The molecule has 0 radical (unpaired) electrons. The molecule has 0 saturated carbocycles. The molecular weight excluding hydrogens is 170 g/mol. The van der Waals surface area contributed by atoms with Gasteiger partial charge in [0.25, 0.3) is 0 Å². The van der Waals surface area contributed by atoms with Crippen molar-refractivity contribution >= 4 is 11.8 Å². The highest BCUT2D eigenvalue weighted by Gasteiger charge is 2.08. The number of benzene rings is 1. The first-order chi connectivity index (χ1) is 5.79. The lowest BCUT2D eigenvalue weighted by molar-refractivity contribution is 0.184. The van der Waals surface area contributed by atoms with Gasteiger partial charge in [0.15, 0.2) is 0 Å². The van der Waals surface area contributed by atoms with Crippen LogP contribution in [0.5, 0.6) is 0 Å². The second-order valence-corrected chi connectivity index (χ2v) is 3.34. The van der Waals surface area contributed by atoms with Crippen LogP contribution in [0.1, 0.15) is 11.7 Å². The Kier molecular flexibility index (Phi) is 3.59. The van der Waals surface area contributed by atoms with Crippen molar-refractivity contribution < 1.29 is 5.11 Å². The van der Waals surface area contributed by atoms with Gasteiger partial charge >= 0.3 is 0 Å². The first-order valence-corrected chi connectivity index (χ1v) is 5.03. The van der Waals surface area contributed by atoms with Crippen molar-refractivity contribution in [3.63, 3.8) is 0 Å². The van der Waals surface area contributed by atoms with Crippen LogP contribution in [0.4, 0.5) is 0 Å². The lowest BCUT2D eigenvalue weighted by Crippen LogP contribution is -2.12. The van der Waals surface area contributed by atoms with Crippen LogP contribution in [-0.2, 0) is 0 Å². The summed E-state index contributed by atoms with van der Waals surface area (Å²) in [6, 6.07) is 7.76. The number of thioether (sulfide) groups is 1. The molecule has 2 nitrogen and oxygen atoms in total. The van der Waals surface area contributed by atoms with Crippen LogP contribution in [0, 0.1) is 0 Å². The van der Waals surface area contributed by atoms with Crippen molar-refractivity contribution in [3.8, 4) is 0 Å². The molecule has 3 heteroatoms. The number of nitrogens with two attached hydrogens (primary N) is 1. The molecule has 1 atom stereocenters. The Morgan fingerprint density at radius 3 is 2.75 bits per heavy atom. The predicted molar refractivity (Wildman–Crippen MR) is 52.2 cm³/mol. The molecule has 0 aliphatic heterocycles. The van der Waals surface area contributed by atoms with Crippen molar-refractivity contribution in [2.75, 3.05) is 12.8 Å². The van der Waals surface area contributed by atoms with Crippen LogP contribution in [0.15, 0.2) is 29.2 Å². The Bertz CT molecular complexity index is 252. The molecule has 0 fully saturated rings. The van der Waals surface area contributed by atoms with Gasteiger partial charge in [0.2, 0.25) is 0 Å². The van der Waals surface area contributed by atoms with Crippen molar-refractivity contribution in [3.05, 3.63) is 29.8 Å². The highest BCUT2D eigenvalue weighted by molar-refractivity contribution is 7.98. The molecule has 0 saturated heterocycles. The average Bonchev–Trinajstić information content (AvgIpc) is 2.16. The lowest BCUT2D eigenvalue weighted by atomic mass is 10.1. The van der Waals surface area contributed by atoms with Gasteiger partial charge in [-0.1, -0.05) is 18.2 Å². The number of hydrogen-bond acceptors (Lipinski definition) is 3. The SMILES string of the molecule is CSc1ccccc1C(O)CN. The number of aliphatic hydroxyl groups excluding tert-OH is 1. The molecule has 12 heavy (non-hydrogen) atoms. The summed E-state index contributed by atoms with van der Waals surface area (Å²) >= 11 is 1.62. The van der Waals surface area contributed by atoms with Gasteiger partial charge in [-0.25, -0.2) is 0 Å². The molecule has 1 unspecified atom stereocenters. The van der Waals surface area contributed by atoms with E-state index < -0.39 is 6.10 Å². The Labute approximate surface area is 76.8 Å². The summed E-state index contributed by atoms with van der Waals surface area (Å²) in [4.78, 5) is 1.09. The topological polar surface area (TPSA) is 46.2 Å². The Balaban J connectivity index is 2.96. The maximum absolute atomic E-state index is 9.50. The van der Waals surface area contributed by atoms with E-state index in [1.54, 1.807) is 11.8 Å². The summed E-state index contributed by atoms with van der Waals surface area (Å²) in [6.45, 7) is 0.275. The smallest absolute Gasteiger partial charge is 0.0923 e.